The van der Waals surface area contributed by atoms with E-state index >= 15 is 0 Å². The van der Waals surface area contributed by atoms with Gasteiger partial charge >= 0.3 is 6.03 Å². The Labute approximate surface area is 98.1 Å². The Morgan fingerprint density at radius 3 is 2.50 bits per heavy atom. The lowest BCUT2D eigenvalue weighted by atomic mass is 9.79. The molecule has 1 aliphatic rings. The molecule has 0 unspecified atom stereocenters. The Bertz CT molecular complexity index is 211. The number of rotatable bonds is 4. The SMILES string of the molecule is COCCNC(=O)NC1[C@@H](C)CCC[C@@H]1C. The van der Waals surface area contributed by atoms with Crippen LogP contribution in [0.25, 0.3) is 0 Å². The highest BCUT2D eigenvalue weighted by atomic mass is 16.5. The van der Waals surface area contributed by atoms with Gasteiger partial charge in [0.15, 0.2) is 0 Å². The minimum atomic E-state index is -0.0670. The lowest BCUT2D eigenvalue weighted by molar-refractivity contribution is 0.182. The molecule has 0 aliphatic heterocycles. The normalized spacial score (nSPS) is 26.4. The van der Waals surface area contributed by atoms with Gasteiger partial charge in [-0.25, -0.2) is 4.79 Å². The van der Waals surface area contributed by atoms with Crippen LogP contribution >= 0.6 is 0 Å². The van der Waals surface area contributed by atoms with Gasteiger partial charge in [0.2, 0.25) is 0 Å². The zero-order valence-corrected chi connectivity index (χ0v) is 10.6. The molecule has 2 N–H and O–H groups in total. The summed E-state index contributed by atoms with van der Waals surface area (Å²) in [6.07, 6.45) is 3.71. The second kappa shape index (κ2) is 6.74. The molecular formula is C12H24N2O2. The molecule has 0 aromatic heterocycles. The summed E-state index contributed by atoms with van der Waals surface area (Å²) >= 11 is 0. The number of hydrogen-bond acceptors (Lipinski definition) is 2. The molecule has 0 aromatic rings. The number of methoxy groups -OCH3 is 1. The highest BCUT2D eigenvalue weighted by Gasteiger charge is 2.28. The molecule has 0 aromatic carbocycles. The van der Waals surface area contributed by atoms with Gasteiger partial charge in [-0.3, -0.25) is 0 Å². The van der Waals surface area contributed by atoms with Gasteiger partial charge in [0.1, 0.15) is 0 Å². The predicted molar refractivity (Wildman–Crippen MR) is 64.4 cm³/mol. The number of carbonyl (C=O) groups excluding carboxylic acids is 1. The van der Waals surface area contributed by atoms with Crippen LogP contribution in [0.15, 0.2) is 0 Å². The van der Waals surface area contributed by atoms with Crippen LogP contribution in [-0.4, -0.2) is 32.3 Å². The van der Waals surface area contributed by atoms with E-state index < -0.39 is 0 Å². The van der Waals surface area contributed by atoms with E-state index in [1.165, 1.54) is 19.3 Å². The number of hydrogen-bond donors (Lipinski definition) is 2. The number of amides is 2. The van der Waals surface area contributed by atoms with Crippen LogP contribution in [0.4, 0.5) is 4.79 Å². The van der Waals surface area contributed by atoms with Gasteiger partial charge in [-0.15, -0.1) is 0 Å². The molecule has 1 aliphatic carbocycles. The molecule has 0 bridgehead atoms. The zero-order valence-electron chi connectivity index (χ0n) is 10.6. The van der Waals surface area contributed by atoms with Crippen LogP contribution in [0.1, 0.15) is 33.1 Å². The van der Waals surface area contributed by atoms with E-state index in [4.69, 9.17) is 4.74 Å². The van der Waals surface area contributed by atoms with Crippen molar-refractivity contribution >= 4 is 6.03 Å². The number of nitrogens with one attached hydrogen (secondary N) is 2. The minimum absolute atomic E-state index is 0.0670. The third kappa shape index (κ3) is 4.00. The molecule has 2 atom stereocenters. The number of urea groups is 1. The van der Waals surface area contributed by atoms with Gasteiger partial charge in [0.25, 0.3) is 0 Å². The maximum Gasteiger partial charge on any atom is 0.315 e. The highest BCUT2D eigenvalue weighted by molar-refractivity contribution is 5.74. The van der Waals surface area contributed by atoms with Crippen LogP contribution in [-0.2, 0) is 4.74 Å². The summed E-state index contributed by atoms with van der Waals surface area (Å²) in [6.45, 7) is 5.56. The van der Waals surface area contributed by atoms with E-state index in [1.54, 1.807) is 7.11 Å². The Kier molecular flexibility index (Phi) is 5.60. The molecule has 0 spiro atoms. The fourth-order valence-electron chi connectivity index (χ4n) is 2.44. The Hall–Kier alpha value is -0.770. The molecule has 1 fully saturated rings. The molecule has 1 rings (SSSR count). The number of carbonyl (C=O) groups is 1. The molecule has 16 heavy (non-hydrogen) atoms. The zero-order chi connectivity index (χ0) is 12.0. The summed E-state index contributed by atoms with van der Waals surface area (Å²) in [5, 5.41) is 5.87. The summed E-state index contributed by atoms with van der Waals surface area (Å²) in [5.41, 5.74) is 0. The quantitative estimate of drug-likeness (QED) is 0.720. The first kappa shape index (κ1) is 13.3. The molecule has 4 nitrogen and oxygen atoms in total. The fourth-order valence-corrected chi connectivity index (χ4v) is 2.44. The van der Waals surface area contributed by atoms with Crippen molar-refractivity contribution < 1.29 is 9.53 Å². The van der Waals surface area contributed by atoms with Crippen molar-refractivity contribution in [3.05, 3.63) is 0 Å². The summed E-state index contributed by atoms with van der Waals surface area (Å²) in [5.74, 6) is 1.16. The van der Waals surface area contributed by atoms with E-state index in [2.05, 4.69) is 24.5 Å². The average Bonchev–Trinajstić information content (AvgIpc) is 2.24. The van der Waals surface area contributed by atoms with Crippen molar-refractivity contribution in [1.82, 2.24) is 10.6 Å². The van der Waals surface area contributed by atoms with E-state index in [1.807, 2.05) is 0 Å². The molecular weight excluding hydrogens is 204 g/mol. The van der Waals surface area contributed by atoms with Gasteiger partial charge < -0.3 is 15.4 Å². The van der Waals surface area contributed by atoms with Crippen LogP contribution in [0.2, 0.25) is 0 Å². The molecule has 0 heterocycles. The first-order chi connectivity index (χ1) is 7.65. The van der Waals surface area contributed by atoms with Crippen LogP contribution in [0, 0.1) is 11.8 Å². The topological polar surface area (TPSA) is 50.4 Å². The molecule has 4 heteroatoms. The lowest BCUT2D eigenvalue weighted by Gasteiger charge is -2.35. The monoisotopic (exact) mass is 228 g/mol. The standard InChI is InChI=1S/C12H24N2O2/c1-9-5-4-6-10(2)11(9)14-12(15)13-7-8-16-3/h9-11H,4-8H2,1-3H3,(H2,13,14,15)/t9-,10-/m0/s1. The Morgan fingerprint density at radius 2 is 1.94 bits per heavy atom. The van der Waals surface area contributed by atoms with E-state index in [0.29, 0.717) is 31.0 Å². The van der Waals surface area contributed by atoms with Crippen molar-refractivity contribution in [1.29, 1.82) is 0 Å². The third-order valence-corrected chi connectivity index (χ3v) is 3.43. The largest absolute Gasteiger partial charge is 0.383 e. The first-order valence-electron chi connectivity index (χ1n) is 6.18. The predicted octanol–water partition coefficient (Wildman–Crippen LogP) is 1.76. The Morgan fingerprint density at radius 1 is 1.31 bits per heavy atom. The fraction of sp³-hybridized carbons (Fsp3) is 0.917. The second-order valence-electron chi connectivity index (χ2n) is 4.80. The molecule has 0 radical (unpaired) electrons. The van der Waals surface area contributed by atoms with Crippen LogP contribution in [0.5, 0.6) is 0 Å². The Balaban J connectivity index is 2.30. The maximum absolute atomic E-state index is 11.6. The summed E-state index contributed by atoms with van der Waals surface area (Å²) in [7, 11) is 1.63. The third-order valence-electron chi connectivity index (χ3n) is 3.43. The number of ether oxygens (including phenoxy) is 1. The van der Waals surface area contributed by atoms with E-state index in [9.17, 15) is 4.79 Å². The summed E-state index contributed by atoms with van der Waals surface area (Å²) in [6, 6.07) is 0.249. The second-order valence-corrected chi connectivity index (χ2v) is 4.80. The minimum Gasteiger partial charge on any atom is -0.383 e. The maximum atomic E-state index is 11.6. The van der Waals surface area contributed by atoms with Crippen molar-refractivity contribution in [2.45, 2.75) is 39.2 Å². The van der Waals surface area contributed by atoms with Crippen molar-refractivity contribution in [2.75, 3.05) is 20.3 Å². The highest BCUT2D eigenvalue weighted by Crippen LogP contribution is 2.28. The summed E-state index contributed by atoms with van der Waals surface area (Å²) < 4.78 is 4.88. The first-order valence-corrected chi connectivity index (χ1v) is 6.18. The van der Waals surface area contributed by atoms with Crippen LogP contribution < -0.4 is 10.6 Å². The molecule has 2 amide bonds. The summed E-state index contributed by atoms with van der Waals surface area (Å²) in [4.78, 5) is 11.6. The van der Waals surface area contributed by atoms with E-state index in [-0.39, 0.29) is 6.03 Å². The van der Waals surface area contributed by atoms with Gasteiger partial charge in [-0.2, -0.15) is 0 Å². The van der Waals surface area contributed by atoms with Gasteiger partial charge in [-0.05, 0) is 24.7 Å². The van der Waals surface area contributed by atoms with Crippen molar-refractivity contribution in [2.24, 2.45) is 11.8 Å². The lowest BCUT2D eigenvalue weighted by Crippen LogP contribution is -2.50. The molecule has 0 saturated heterocycles. The smallest absolute Gasteiger partial charge is 0.315 e. The molecule has 94 valence electrons. The van der Waals surface area contributed by atoms with Crippen molar-refractivity contribution in [3.63, 3.8) is 0 Å². The van der Waals surface area contributed by atoms with Gasteiger partial charge in [-0.1, -0.05) is 20.3 Å². The van der Waals surface area contributed by atoms with Crippen LogP contribution in [0.3, 0.4) is 0 Å². The van der Waals surface area contributed by atoms with E-state index in [0.717, 1.165) is 0 Å². The van der Waals surface area contributed by atoms with Gasteiger partial charge in [0.05, 0.1) is 6.61 Å². The van der Waals surface area contributed by atoms with Gasteiger partial charge in [0, 0.05) is 19.7 Å². The average molecular weight is 228 g/mol. The molecule has 1 saturated carbocycles. The van der Waals surface area contributed by atoms with Crippen molar-refractivity contribution in [3.8, 4) is 0 Å².